The monoisotopic (exact) mass is 377 g/mol. The van der Waals surface area contributed by atoms with Crippen molar-refractivity contribution in [2.45, 2.75) is 24.6 Å². The maximum absolute atomic E-state index is 11.4. The molecule has 0 aliphatic rings. The largest absolute Gasteiger partial charge is 0.493 e. The number of hydrogen-bond donors (Lipinski definition) is 0. The number of nitrogens with zero attached hydrogens (tertiary/aromatic N) is 1. The molecule has 0 aliphatic carbocycles. The van der Waals surface area contributed by atoms with Crippen molar-refractivity contribution in [2.75, 3.05) is 13.7 Å². The molecule has 1 unspecified atom stereocenters. The summed E-state index contributed by atoms with van der Waals surface area (Å²) in [5, 5.41) is 0. The highest BCUT2D eigenvalue weighted by Gasteiger charge is 2.15. The average molecular weight is 378 g/mol. The first kappa shape index (κ1) is 17.5. The molecule has 23 heavy (non-hydrogen) atoms. The summed E-state index contributed by atoms with van der Waals surface area (Å²) in [7, 11) is 1.39. The number of hydrogen-bond acceptors (Lipinski definition) is 4. The molecule has 0 spiro atoms. The van der Waals surface area contributed by atoms with E-state index >= 15 is 0 Å². The number of rotatable bonds is 7. The highest BCUT2D eigenvalue weighted by Crippen LogP contribution is 2.16. The van der Waals surface area contributed by atoms with E-state index in [1.165, 1.54) is 7.11 Å². The number of aromatic nitrogens is 1. The highest BCUT2D eigenvalue weighted by molar-refractivity contribution is 9.10. The van der Waals surface area contributed by atoms with E-state index in [1.54, 1.807) is 0 Å². The molecule has 0 aliphatic heterocycles. The van der Waals surface area contributed by atoms with Gasteiger partial charge in [-0.3, -0.25) is 9.78 Å². The Balaban J connectivity index is 1.82. The van der Waals surface area contributed by atoms with Gasteiger partial charge in [0, 0.05) is 17.8 Å². The molecule has 0 saturated heterocycles. The average Bonchev–Trinajstić information content (AvgIpc) is 2.55. The van der Waals surface area contributed by atoms with Crippen LogP contribution in [0.15, 0.2) is 42.5 Å². The molecule has 1 aromatic carbocycles. The molecule has 0 fully saturated rings. The van der Waals surface area contributed by atoms with Gasteiger partial charge in [0.1, 0.15) is 10.6 Å². The minimum Gasteiger partial charge on any atom is -0.493 e. The van der Waals surface area contributed by atoms with Crippen LogP contribution in [-0.4, -0.2) is 29.5 Å². The summed E-state index contributed by atoms with van der Waals surface area (Å²) in [5.74, 6) is 0.543. The van der Waals surface area contributed by atoms with Crippen LogP contribution in [0, 0.1) is 6.92 Å². The molecule has 1 heterocycles. The SMILES string of the molecule is COC(=O)C(Br)Cc1ccc(OCCc2cccc(C)n2)cc1. The molecule has 122 valence electrons. The third-order valence-corrected chi connectivity index (χ3v) is 4.07. The molecule has 0 radical (unpaired) electrons. The van der Waals surface area contributed by atoms with Gasteiger partial charge in [-0.1, -0.05) is 34.1 Å². The summed E-state index contributed by atoms with van der Waals surface area (Å²) < 4.78 is 10.4. The van der Waals surface area contributed by atoms with Gasteiger partial charge in [0.25, 0.3) is 0 Å². The molecule has 0 N–H and O–H groups in total. The number of aryl methyl sites for hydroxylation is 1. The van der Waals surface area contributed by atoms with E-state index < -0.39 is 0 Å². The van der Waals surface area contributed by atoms with Gasteiger partial charge >= 0.3 is 5.97 Å². The van der Waals surface area contributed by atoms with Crippen LogP contribution in [0.4, 0.5) is 0 Å². The zero-order valence-electron chi connectivity index (χ0n) is 13.3. The van der Waals surface area contributed by atoms with Crippen molar-refractivity contribution < 1.29 is 14.3 Å². The summed E-state index contributed by atoms with van der Waals surface area (Å²) in [6.07, 6.45) is 1.36. The highest BCUT2D eigenvalue weighted by atomic mass is 79.9. The smallest absolute Gasteiger partial charge is 0.319 e. The van der Waals surface area contributed by atoms with E-state index in [4.69, 9.17) is 9.47 Å². The van der Waals surface area contributed by atoms with E-state index in [9.17, 15) is 4.79 Å². The van der Waals surface area contributed by atoms with Crippen molar-refractivity contribution in [2.24, 2.45) is 0 Å². The number of carbonyl (C=O) groups excluding carboxylic acids is 1. The summed E-state index contributed by atoms with van der Waals surface area (Å²) in [5.41, 5.74) is 3.09. The first-order chi connectivity index (χ1) is 11.1. The quantitative estimate of drug-likeness (QED) is 0.547. The minimum atomic E-state index is -0.327. The normalized spacial score (nSPS) is 11.8. The van der Waals surface area contributed by atoms with Crippen LogP contribution >= 0.6 is 15.9 Å². The van der Waals surface area contributed by atoms with Crippen molar-refractivity contribution in [3.8, 4) is 5.75 Å². The Morgan fingerprint density at radius 2 is 1.96 bits per heavy atom. The summed E-state index contributed by atoms with van der Waals surface area (Å²) >= 11 is 3.32. The maximum Gasteiger partial charge on any atom is 0.319 e. The Hall–Kier alpha value is -1.88. The van der Waals surface area contributed by atoms with E-state index in [1.807, 2.05) is 49.4 Å². The molecular formula is C18H20BrNO3. The lowest BCUT2D eigenvalue weighted by Gasteiger charge is -2.09. The van der Waals surface area contributed by atoms with Crippen molar-refractivity contribution in [1.82, 2.24) is 4.98 Å². The molecule has 5 heteroatoms. The zero-order chi connectivity index (χ0) is 16.7. The predicted molar refractivity (Wildman–Crippen MR) is 93.1 cm³/mol. The summed E-state index contributed by atoms with van der Waals surface area (Å²) in [4.78, 5) is 15.5. The number of ether oxygens (including phenoxy) is 2. The zero-order valence-corrected chi connectivity index (χ0v) is 14.9. The van der Waals surface area contributed by atoms with Gasteiger partial charge in [-0.2, -0.15) is 0 Å². The number of carbonyl (C=O) groups is 1. The van der Waals surface area contributed by atoms with Crippen LogP contribution in [0.25, 0.3) is 0 Å². The number of alkyl halides is 1. The van der Waals surface area contributed by atoms with Gasteiger partial charge in [-0.25, -0.2) is 0 Å². The van der Waals surface area contributed by atoms with Crippen LogP contribution in [0.1, 0.15) is 17.0 Å². The molecule has 1 aromatic heterocycles. The number of halogens is 1. The third-order valence-electron chi connectivity index (χ3n) is 3.37. The van der Waals surface area contributed by atoms with Gasteiger partial charge < -0.3 is 9.47 Å². The van der Waals surface area contributed by atoms with Crippen LogP contribution in [-0.2, 0) is 22.4 Å². The Labute approximate surface area is 145 Å². The van der Waals surface area contributed by atoms with E-state index in [0.717, 1.165) is 29.1 Å². The fourth-order valence-electron chi connectivity index (χ4n) is 2.15. The van der Waals surface area contributed by atoms with Gasteiger partial charge in [0.2, 0.25) is 0 Å². The van der Waals surface area contributed by atoms with Gasteiger partial charge in [0.15, 0.2) is 0 Å². The van der Waals surface area contributed by atoms with Crippen molar-refractivity contribution in [3.05, 3.63) is 59.4 Å². The fourth-order valence-corrected chi connectivity index (χ4v) is 2.71. The second-order valence-electron chi connectivity index (χ2n) is 5.21. The van der Waals surface area contributed by atoms with Crippen LogP contribution in [0.5, 0.6) is 5.75 Å². The Morgan fingerprint density at radius 3 is 2.61 bits per heavy atom. The Kier molecular flexibility index (Phi) is 6.59. The van der Waals surface area contributed by atoms with Gasteiger partial charge in [-0.15, -0.1) is 0 Å². The first-order valence-corrected chi connectivity index (χ1v) is 8.36. The second-order valence-corrected chi connectivity index (χ2v) is 6.31. The number of pyridine rings is 1. The van der Waals surface area contributed by atoms with Gasteiger partial charge in [0.05, 0.1) is 13.7 Å². The molecule has 2 aromatic rings. The van der Waals surface area contributed by atoms with E-state index in [0.29, 0.717) is 13.0 Å². The lowest BCUT2D eigenvalue weighted by molar-refractivity contribution is -0.139. The van der Waals surface area contributed by atoms with Crippen molar-refractivity contribution in [3.63, 3.8) is 0 Å². The summed E-state index contributed by atoms with van der Waals surface area (Å²) in [6.45, 7) is 2.56. The standard InChI is InChI=1S/C18H20BrNO3/c1-13-4-3-5-15(20-13)10-11-23-16-8-6-14(7-9-16)12-17(19)18(21)22-2/h3-9,17H,10-12H2,1-2H3. The Bertz CT molecular complexity index is 643. The predicted octanol–water partition coefficient (Wildman–Crippen LogP) is 3.49. The fraction of sp³-hybridized carbons (Fsp3) is 0.333. The maximum atomic E-state index is 11.4. The minimum absolute atomic E-state index is 0.268. The molecule has 1 atom stereocenters. The molecule has 4 nitrogen and oxygen atoms in total. The number of esters is 1. The van der Waals surface area contributed by atoms with Crippen LogP contribution < -0.4 is 4.74 Å². The number of benzene rings is 1. The second kappa shape index (κ2) is 8.67. The van der Waals surface area contributed by atoms with Crippen molar-refractivity contribution >= 4 is 21.9 Å². The van der Waals surface area contributed by atoms with E-state index in [-0.39, 0.29) is 10.8 Å². The number of methoxy groups -OCH3 is 1. The van der Waals surface area contributed by atoms with Crippen LogP contribution in [0.2, 0.25) is 0 Å². The lowest BCUT2D eigenvalue weighted by atomic mass is 10.1. The molecule has 2 rings (SSSR count). The van der Waals surface area contributed by atoms with E-state index in [2.05, 4.69) is 20.9 Å². The molecule has 0 bridgehead atoms. The topological polar surface area (TPSA) is 48.4 Å². The molecule has 0 saturated carbocycles. The first-order valence-electron chi connectivity index (χ1n) is 7.44. The Morgan fingerprint density at radius 1 is 1.22 bits per heavy atom. The summed E-state index contributed by atoms with van der Waals surface area (Å²) in [6, 6.07) is 13.7. The van der Waals surface area contributed by atoms with Gasteiger partial charge in [-0.05, 0) is 43.2 Å². The molecule has 0 amide bonds. The van der Waals surface area contributed by atoms with Crippen LogP contribution in [0.3, 0.4) is 0 Å². The van der Waals surface area contributed by atoms with Crippen molar-refractivity contribution in [1.29, 1.82) is 0 Å². The molecular weight excluding hydrogens is 358 g/mol. The lowest BCUT2D eigenvalue weighted by Crippen LogP contribution is -2.17. The third kappa shape index (κ3) is 5.67.